The van der Waals surface area contributed by atoms with Crippen LogP contribution < -0.4 is 31.1 Å². The van der Waals surface area contributed by atoms with Gasteiger partial charge in [-0.25, -0.2) is 0 Å². The van der Waals surface area contributed by atoms with E-state index >= 15 is 0 Å². The molecule has 0 atom stereocenters. The van der Waals surface area contributed by atoms with Crippen molar-refractivity contribution in [3.05, 3.63) is 254 Å². The first-order valence-corrected chi connectivity index (χ1v) is 26.0. The van der Waals surface area contributed by atoms with Crippen LogP contribution in [0.3, 0.4) is 0 Å². The van der Waals surface area contributed by atoms with Crippen molar-refractivity contribution in [1.82, 2.24) is 0 Å². The van der Waals surface area contributed by atoms with Gasteiger partial charge in [0.2, 0.25) is 0 Å². The fourth-order valence-corrected chi connectivity index (χ4v) is 11.4. The van der Waals surface area contributed by atoms with E-state index in [4.69, 9.17) is 4.42 Å². The molecule has 0 N–H and O–H groups in total. The maximum Gasteiger partial charge on any atom is 0.252 e. The van der Waals surface area contributed by atoms with Crippen LogP contribution >= 0.6 is 0 Å². The molecule has 0 spiro atoms. The number of benzene rings is 10. The Morgan fingerprint density at radius 3 is 1.59 bits per heavy atom. The molecule has 0 aliphatic carbocycles. The van der Waals surface area contributed by atoms with Gasteiger partial charge in [-0.1, -0.05) is 180 Å². The standard InChI is InChI=1S/C69H56BN3O/c1-46(2)51-41-64-68-65(42-51)73(59-39-52(47-21-10-6-11-22-47)37-53(40-59)48-23-12-7-13-24-48)62-36-33-54(69(3,4)5)44-61(62)70(68)60-35-34-58(71(55-27-14-8-15-28-55)56-29-16-9-17-30-56)45-63(60)72(64)57-31-20-26-49(38-57)67-43-50-25-18-19-32-66(50)74-67/h6-46H,1-5H3. The van der Waals surface area contributed by atoms with Crippen LogP contribution in [0.1, 0.15) is 51.7 Å². The molecule has 0 saturated carbocycles. The summed E-state index contributed by atoms with van der Waals surface area (Å²) in [5.74, 6) is 1.08. The molecule has 5 heteroatoms. The molecule has 13 rings (SSSR count). The van der Waals surface area contributed by atoms with E-state index in [2.05, 4.69) is 280 Å². The first-order valence-electron chi connectivity index (χ1n) is 26.0. The summed E-state index contributed by atoms with van der Waals surface area (Å²) in [6.07, 6.45) is 0. The fourth-order valence-electron chi connectivity index (χ4n) is 11.4. The average Bonchev–Trinajstić information content (AvgIpc) is 3.89. The largest absolute Gasteiger partial charge is 0.456 e. The number of rotatable bonds is 9. The zero-order valence-electron chi connectivity index (χ0n) is 42.5. The van der Waals surface area contributed by atoms with E-state index in [0.29, 0.717) is 0 Å². The normalized spacial score (nSPS) is 12.7. The van der Waals surface area contributed by atoms with Crippen LogP contribution in [0.2, 0.25) is 0 Å². The van der Waals surface area contributed by atoms with Gasteiger partial charge in [-0.2, -0.15) is 0 Å². The van der Waals surface area contributed by atoms with Crippen molar-refractivity contribution in [2.24, 2.45) is 0 Å². The minimum atomic E-state index is -0.0888. The van der Waals surface area contributed by atoms with Crippen molar-refractivity contribution in [2.45, 2.75) is 46.0 Å². The summed E-state index contributed by atoms with van der Waals surface area (Å²) in [4.78, 5) is 7.51. The molecular weight excluding hydrogens is 898 g/mol. The van der Waals surface area contributed by atoms with Gasteiger partial charge < -0.3 is 19.1 Å². The number of nitrogens with zero attached hydrogens (tertiary/aromatic N) is 3. The molecule has 0 fully saturated rings. The highest BCUT2D eigenvalue weighted by atomic mass is 16.3. The molecule has 356 valence electrons. The van der Waals surface area contributed by atoms with Crippen LogP contribution in [0, 0.1) is 0 Å². The van der Waals surface area contributed by atoms with Gasteiger partial charge in [0.1, 0.15) is 11.3 Å². The van der Waals surface area contributed by atoms with Gasteiger partial charge in [0, 0.05) is 62.1 Å². The Morgan fingerprint density at radius 2 is 0.986 bits per heavy atom. The van der Waals surface area contributed by atoms with Crippen LogP contribution in [0.5, 0.6) is 0 Å². The highest BCUT2D eigenvalue weighted by Gasteiger charge is 2.44. The monoisotopic (exact) mass is 953 g/mol. The van der Waals surface area contributed by atoms with Crippen molar-refractivity contribution in [2.75, 3.05) is 14.7 Å². The third-order valence-electron chi connectivity index (χ3n) is 15.1. The minimum Gasteiger partial charge on any atom is -0.456 e. The van der Waals surface area contributed by atoms with Gasteiger partial charge in [0.25, 0.3) is 6.71 Å². The van der Waals surface area contributed by atoms with Crippen LogP contribution in [0.4, 0.5) is 51.2 Å². The van der Waals surface area contributed by atoms with E-state index in [0.717, 1.165) is 56.4 Å². The lowest BCUT2D eigenvalue weighted by Crippen LogP contribution is -2.61. The summed E-state index contributed by atoms with van der Waals surface area (Å²) in [6.45, 7) is 11.6. The molecule has 74 heavy (non-hydrogen) atoms. The molecular formula is C69H56BN3O. The Balaban J connectivity index is 1.11. The Hall–Kier alpha value is -8.80. The van der Waals surface area contributed by atoms with E-state index in [1.165, 1.54) is 66.8 Å². The second kappa shape index (κ2) is 18.1. The fraction of sp³-hybridized carbons (Fsp3) is 0.101. The van der Waals surface area contributed by atoms with Gasteiger partial charge in [0.15, 0.2) is 0 Å². The second-order valence-electron chi connectivity index (χ2n) is 21.2. The zero-order chi connectivity index (χ0) is 50.1. The van der Waals surface area contributed by atoms with Gasteiger partial charge >= 0.3 is 0 Å². The molecule has 11 aromatic rings. The Morgan fingerprint density at radius 1 is 0.419 bits per heavy atom. The van der Waals surface area contributed by atoms with E-state index in [1.54, 1.807) is 0 Å². The second-order valence-corrected chi connectivity index (χ2v) is 21.2. The molecule has 2 aliphatic rings. The summed E-state index contributed by atoms with van der Waals surface area (Å²) in [5.41, 5.74) is 23.1. The van der Waals surface area contributed by atoms with Crippen molar-refractivity contribution >= 4 is 85.3 Å². The van der Waals surface area contributed by atoms with Gasteiger partial charge in [0.05, 0.1) is 0 Å². The number of para-hydroxylation sites is 3. The molecule has 0 bridgehead atoms. The molecule has 0 unspecified atom stereocenters. The molecule has 3 heterocycles. The Labute approximate surface area is 435 Å². The number of furan rings is 1. The zero-order valence-corrected chi connectivity index (χ0v) is 42.5. The smallest absolute Gasteiger partial charge is 0.252 e. The van der Waals surface area contributed by atoms with E-state index in [1.807, 2.05) is 12.1 Å². The summed E-state index contributed by atoms with van der Waals surface area (Å²) >= 11 is 0. The summed E-state index contributed by atoms with van der Waals surface area (Å²) < 4.78 is 6.59. The lowest BCUT2D eigenvalue weighted by atomic mass is 9.33. The number of hydrogen-bond acceptors (Lipinski definition) is 4. The highest BCUT2D eigenvalue weighted by Crippen LogP contribution is 2.49. The quantitative estimate of drug-likeness (QED) is 0.135. The van der Waals surface area contributed by atoms with E-state index in [9.17, 15) is 0 Å². The predicted octanol–water partition coefficient (Wildman–Crippen LogP) is 17.4. The van der Waals surface area contributed by atoms with Gasteiger partial charge in [-0.05, 0) is 158 Å². The molecule has 0 amide bonds. The van der Waals surface area contributed by atoms with E-state index in [-0.39, 0.29) is 18.0 Å². The highest BCUT2D eigenvalue weighted by molar-refractivity contribution is 7.00. The number of fused-ring (bicyclic) bond motifs is 5. The van der Waals surface area contributed by atoms with Crippen LogP contribution in [-0.2, 0) is 5.41 Å². The topological polar surface area (TPSA) is 22.9 Å². The summed E-state index contributed by atoms with van der Waals surface area (Å²) in [7, 11) is 0. The number of hydrogen-bond donors (Lipinski definition) is 0. The Kier molecular flexibility index (Phi) is 11.0. The number of anilines is 9. The molecule has 4 nitrogen and oxygen atoms in total. The minimum absolute atomic E-state index is 0.0820. The summed E-state index contributed by atoms with van der Waals surface area (Å²) in [5, 5.41) is 1.09. The third kappa shape index (κ3) is 7.88. The molecule has 0 saturated heterocycles. The van der Waals surface area contributed by atoms with Crippen molar-refractivity contribution < 1.29 is 4.42 Å². The van der Waals surface area contributed by atoms with Gasteiger partial charge in [-0.15, -0.1) is 0 Å². The lowest BCUT2D eigenvalue weighted by molar-refractivity contribution is 0.591. The maximum atomic E-state index is 6.59. The van der Waals surface area contributed by atoms with Crippen molar-refractivity contribution in [1.29, 1.82) is 0 Å². The van der Waals surface area contributed by atoms with Crippen LogP contribution in [-0.4, -0.2) is 6.71 Å². The molecule has 0 radical (unpaired) electrons. The molecule has 1 aromatic heterocycles. The van der Waals surface area contributed by atoms with Crippen LogP contribution in [0.25, 0.3) is 44.5 Å². The average molecular weight is 954 g/mol. The predicted molar refractivity (Wildman–Crippen MR) is 314 cm³/mol. The molecule has 10 aromatic carbocycles. The maximum absolute atomic E-state index is 6.59. The van der Waals surface area contributed by atoms with Gasteiger partial charge in [-0.3, -0.25) is 0 Å². The lowest BCUT2D eigenvalue weighted by Gasteiger charge is -2.45. The first-order chi connectivity index (χ1) is 36.1. The first kappa shape index (κ1) is 45.1. The van der Waals surface area contributed by atoms with Crippen molar-refractivity contribution in [3.8, 4) is 33.6 Å². The SMILES string of the molecule is CC(C)c1cc2c3c(c1)N(c1cccc(-c4cc5ccccc5o4)c1)c1cc(N(c4ccccc4)c4ccccc4)ccc1B3c1cc(C(C)(C)C)ccc1N2c1cc(-c2ccccc2)cc(-c2ccccc2)c1. The third-order valence-corrected chi connectivity index (χ3v) is 15.1. The summed E-state index contributed by atoms with van der Waals surface area (Å²) in [6, 6.07) is 89.1. The van der Waals surface area contributed by atoms with E-state index < -0.39 is 0 Å². The van der Waals surface area contributed by atoms with Crippen molar-refractivity contribution in [3.63, 3.8) is 0 Å². The Bertz CT molecular complexity index is 3750. The van der Waals surface area contributed by atoms with Crippen LogP contribution in [0.15, 0.2) is 247 Å². The molecule has 2 aliphatic heterocycles.